The molecule has 0 amide bonds. The average molecular weight is 296 g/mol. The van der Waals surface area contributed by atoms with Crippen LogP contribution in [0.4, 0.5) is 14.5 Å². The average Bonchev–Trinajstić information content (AvgIpc) is 2.64. The maximum Gasteiger partial charge on any atom is 0.149 e. The largest absolute Gasteiger partial charge is 0.364 e. The van der Waals surface area contributed by atoms with Crippen molar-refractivity contribution in [3.63, 3.8) is 0 Å². The summed E-state index contributed by atoms with van der Waals surface area (Å²) in [6.07, 6.45) is 5.29. The van der Waals surface area contributed by atoms with Crippen molar-refractivity contribution >= 4 is 5.69 Å². The Balaban J connectivity index is 2.19. The van der Waals surface area contributed by atoms with E-state index in [2.05, 4.69) is 19.2 Å². The van der Waals surface area contributed by atoms with Crippen LogP contribution in [-0.4, -0.2) is 19.1 Å². The Morgan fingerprint density at radius 1 is 1.19 bits per heavy atom. The number of benzene rings is 1. The molecule has 1 atom stereocenters. The fourth-order valence-electron chi connectivity index (χ4n) is 3.01. The van der Waals surface area contributed by atoms with Gasteiger partial charge in [0.15, 0.2) is 0 Å². The van der Waals surface area contributed by atoms with Gasteiger partial charge in [-0.05, 0) is 50.4 Å². The van der Waals surface area contributed by atoms with Crippen LogP contribution < -0.4 is 10.2 Å². The van der Waals surface area contributed by atoms with E-state index in [0.29, 0.717) is 12.1 Å². The van der Waals surface area contributed by atoms with Crippen LogP contribution in [0.3, 0.4) is 0 Å². The molecule has 4 heteroatoms. The monoisotopic (exact) mass is 296 g/mol. The summed E-state index contributed by atoms with van der Waals surface area (Å²) < 4.78 is 28.8. The number of rotatable bonds is 5. The second-order valence-electron chi connectivity index (χ2n) is 5.98. The molecule has 2 nitrogen and oxygen atoms in total. The summed E-state index contributed by atoms with van der Waals surface area (Å²) in [4.78, 5) is 1.90. The van der Waals surface area contributed by atoms with Gasteiger partial charge in [0.25, 0.3) is 0 Å². The second-order valence-corrected chi connectivity index (χ2v) is 5.98. The van der Waals surface area contributed by atoms with E-state index in [0.717, 1.165) is 45.2 Å². The molecule has 1 fully saturated rings. The molecule has 0 bridgehead atoms. The highest BCUT2D eigenvalue weighted by Gasteiger charge is 2.23. The van der Waals surface area contributed by atoms with Gasteiger partial charge in [0.2, 0.25) is 0 Å². The van der Waals surface area contributed by atoms with Crippen molar-refractivity contribution < 1.29 is 8.78 Å². The third kappa shape index (κ3) is 4.16. The van der Waals surface area contributed by atoms with E-state index in [4.69, 9.17) is 0 Å². The summed E-state index contributed by atoms with van der Waals surface area (Å²) in [6, 6.07) is 3.14. The van der Waals surface area contributed by atoms with Crippen LogP contribution in [0.25, 0.3) is 0 Å². The molecule has 0 saturated carbocycles. The van der Waals surface area contributed by atoms with Crippen LogP contribution in [-0.2, 0) is 6.54 Å². The Bertz CT molecular complexity index is 439. The number of anilines is 1. The molecule has 1 aromatic carbocycles. The zero-order chi connectivity index (χ0) is 15.2. The van der Waals surface area contributed by atoms with Gasteiger partial charge in [0.05, 0.1) is 0 Å². The number of nitrogens with one attached hydrogen (secondary N) is 1. The summed E-state index contributed by atoms with van der Waals surface area (Å²) in [5, 5.41) is 3.18. The quantitative estimate of drug-likeness (QED) is 0.818. The first-order chi connectivity index (χ1) is 10.1. The molecule has 1 heterocycles. The van der Waals surface area contributed by atoms with Crippen LogP contribution in [0.15, 0.2) is 12.1 Å². The number of hydrogen-bond acceptors (Lipinski definition) is 2. The summed E-state index contributed by atoms with van der Waals surface area (Å²) in [7, 11) is 0. The minimum Gasteiger partial charge on any atom is -0.364 e. The van der Waals surface area contributed by atoms with Crippen LogP contribution in [0.1, 0.15) is 51.5 Å². The van der Waals surface area contributed by atoms with Gasteiger partial charge in [-0.15, -0.1) is 0 Å². The molecule has 0 spiro atoms. The summed E-state index contributed by atoms with van der Waals surface area (Å²) in [5.74, 6) is -0.867. The predicted molar refractivity (Wildman–Crippen MR) is 83.6 cm³/mol. The van der Waals surface area contributed by atoms with Gasteiger partial charge in [0, 0.05) is 19.1 Å². The van der Waals surface area contributed by atoms with E-state index in [1.54, 1.807) is 0 Å². The standard InChI is InChI=1S/C17H26F2N2/c1-3-8-20-12-14-10-15(18)17(16(19)11-14)21-9-6-4-5-7-13(21)2/h10-11,13,20H,3-9,12H2,1-2H3. The van der Waals surface area contributed by atoms with Gasteiger partial charge >= 0.3 is 0 Å². The molecular weight excluding hydrogens is 270 g/mol. The number of halogens is 2. The minimum absolute atomic E-state index is 0.156. The first-order valence-electron chi connectivity index (χ1n) is 8.08. The topological polar surface area (TPSA) is 15.3 Å². The molecule has 118 valence electrons. The van der Waals surface area contributed by atoms with Crippen LogP contribution in [0.2, 0.25) is 0 Å². The highest BCUT2D eigenvalue weighted by atomic mass is 19.1. The van der Waals surface area contributed by atoms with Gasteiger partial charge < -0.3 is 10.2 Å². The Kier molecular flexibility index (Phi) is 5.97. The highest BCUT2D eigenvalue weighted by Crippen LogP contribution is 2.30. The molecule has 0 radical (unpaired) electrons. The van der Waals surface area contributed by atoms with E-state index < -0.39 is 11.6 Å². The maximum atomic E-state index is 14.4. The molecule has 1 unspecified atom stereocenters. The van der Waals surface area contributed by atoms with Crippen molar-refractivity contribution in [1.82, 2.24) is 5.32 Å². The lowest BCUT2D eigenvalue weighted by molar-refractivity contribution is 0.540. The lowest BCUT2D eigenvalue weighted by Gasteiger charge is -2.30. The third-order valence-corrected chi connectivity index (χ3v) is 4.17. The highest BCUT2D eigenvalue weighted by molar-refractivity contribution is 5.51. The van der Waals surface area contributed by atoms with Gasteiger partial charge in [-0.3, -0.25) is 0 Å². The molecule has 1 saturated heterocycles. The summed E-state index contributed by atoms with van der Waals surface area (Å²) >= 11 is 0. The molecule has 21 heavy (non-hydrogen) atoms. The summed E-state index contributed by atoms with van der Waals surface area (Å²) in [5.41, 5.74) is 0.827. The van der Waals surface area contributed by atoms with Crippen LogP contribution in [0.5, 0.6) is 0 Å². The van der Waals surface area contributed by atoms with Crippen molar-refractivity contribution in [2.24, 2.45) is 0 Å². The Labute approximate surface area is 126 Å². The van der Waals surface area contributed by atoms with Crippen molar-refractivity contribution in [1.29, 1.82) is 0 Å². The van der Waals surface area contributed by atoms with Gasteiger partial charge in [-0.2, -0.15) is 0 Å². The summed E-state index contributed by atoms with van der Waals surface area (Å²) in [6.45, 7) is 6.23. The van der Waals surface area contributed by atoms with Crippen molar-refractivity contribution in [2.45, 2.75) is 58.5 Å². The van der Waals surface area contributed by atoms with E-state index >= 15 is 0 Å². The van der Waals surface area contributed by atoms with Gasteiger partial charge in [-0.1, -0.05) is 19.8 Å². The van der Waals surface area contributed by atoms with Crippen molar-refractivity contribution in [2.75, 3.05) is 18.0 Å². The van der Waals surface area contributed by atoms with E-state index in [1.165, 1.54) is 12.1 Å². The molecule has 0 aromatic heterocycles. The Morgan fingerprint density at radius 3 is 2.57 bits per heavy atom. The second kappa shape index (κ2) is 7.74. The SMILES string of the molecule is CCCNCc1cc(F)c(N2CCCCCC2C)c(F)c1. The first kappa shape index (κ1) is 16.2. The smallest absolute Gasteiger partial charge is 0.149 e. The molecule has 1 aromatic rings. The Morgan fingerprint density at radius 2 is 1.90 bits per heavy atom. The molecule has 2 rings (SSSR count). The lowest BCUT2D eigenvalue weighted by Crippen LogP contribution is -2.34. The molecule has 0 aliphatic carbocycles. The Hall–Kier alpha value is -1.16. The van der Waals surface area contributed by atoms with Gasteiger partial charge in [-0.25, -0.2) is 8.78 Å². The maximum absolute atomic E-state index is 14.4. The molecular formula is C17H26F2N2. The van der Waals surface area contributed by atoms with Gasteiger partial charge in [0.1, 0.15) is 17.3 Å². The minimum atomic E-state index is -0.433. The number of nitrogens with zero attached hydrogens (tertiary/aromatic N) is 1. The lowest BCUT2D eigenvalue weighted by atomic mass is 10.1. The molecule has 1 N–H and O–H groups in total. The number of hydrogen-bond donors (Lipinski definition) is 1. The zero-order valence-corrected chi connectivity index (χ0v) is 13.1. The first-order valence-corrected chi connectivity index (χ1v) is 8.08. The van der Waals surface area contributed by atoms with Crippen LogP contribution in [0, 0.1) is 11.6 Å². The van der Waals surface area contributed by atoms with E-state index in [-0.39, 0.29) is 11.7 Å². The normalized spacial score (nSPS) is 19.6. The molecule has 1 aliphatic heterocycles. The molecule has 1 aliphatic rings. The van der Waals surface area contributed by atoms with E-state index in [1.807, 2.05) is 4.90 Å². The van der Waals surface area contributed by atoms with E-state index in [9.17, 15) is 8.78 Å². The fraction of sp³-hybridized carbons (Fsp3) is 0.647. The third-order valence-electron chi connectivity index (χ3n) is 4.17. The van der Waals surface area contributed by atoms with Crippen LogP contribution >= 0.6 is 0 Å². The van der Waals surface area contributed by atoms with Crippen molar-refractivity contribution in [3.05, 3.63) is 29.3 Å². The predicted octanol–water partition coefficient (Wildman–Crippen LogP) is 4.23. The fourth-order valence-corrected chi connectivity index (χ4v) is 3.01. The van der Waals surface area contributed by atoms with Crippen molar-refractivity contribution in [3.8, 4) is 0 Å². The zero-order valence-electron chi connectivity index (χ0n) is 13.1.